The van der Waals surface area contributed by atoms with Gasteiger partial charge >= 0.3 is 6.01 Å². The first kappa shape index (κ1) is 20.8. The van der Waals surface area contributed by atoms with Crippen molar-refractivity contribution in [3.63, 3.8) is 0 Å². The SMILES string of the molecule is CCS(=O)(=O)c1ccc(S(=O)(=O)Nc2ccc(-c3nnc(N(C)C)o3)cc2)cc1. The Hall–Kier alpha value is -2.92. The average Bonchev–Trinajstić information content (AvgIpc) is 3.19. The molecular weight excluding hydrogens is 416 g/mol. The fraction of sp³-hybridized carbons (Fsp3) is 0.222. The molecule has 2 aromatic carbocycles. The van der Waals surface area contributed by atoms with Crippen molar-refractivity contribution >= 4 is 31.6 Å². The molecule has 0 fully saturated rings. The third kappa shape index (κ3) is 4.57. The van der Waals surface area contributed by atoms with E-state index in [0.717, 1.165) is 0 Å². The summed E-state index contributed by atoms with van der Waals surface area (Å²) in [5, 5.41) is 7.85. The number of benzene rings is 2. The molecule has 0 aliphatic heterocycles. The standard InChI is InChI=1S/C18H20N4O5S2/c1-4-28(23,24)15-9-11-16(12-10-15)29(25,26)21-14-7-5-13(6-8-14)17-19-20-18(27-17)22(2)3/h5-12,21H,4H2,1-3H3. The van der Waals surface area contributed by atoms with Crippen molar-refractivity contribution < 1.29 is 21.3 Å². The zero-order valence-corrected chi connectivity index (χ0v) is 17.7. The number of hydrogen-bond donors (Lipinski definition) is 1. The monoisotopic (exact) mass is 436 g/mol. The van der Waals surface area contributed by atoms with E-state index in [1.807, 2.05) is 0 Å². The zero-order chi connectivity index (χ0) is 21.2. The summed E-state index contributed by atoms with van der Waals surface area (Å²) in [6.07, 6.45) is 0. The lowest BCUT2D eigenvalue weighted by atomic mass is 10.2. The van der Waals surface area contributed by atoms with Crippen molar-refractivity contribution in [3.8, 4) is 11.5 Å². The molecule has 0 unspecified atom stereocenters. The quantitative estimate of drug-likeness (QED) is 0.599. The minimum absolute atomic E-state index is 0.0378. The summed E-state index contributed by atoms with van der Waals surface area (Å²) >= 11 is 0. The molecule has 0 saturated carbocycles. The van der Waals surface area contributed by atoms with Gasteiger partial charge in [0.2, 0.25) is 5.89 Å². The summed E-state index contributed by atoms with van der Waals surface area (Å²) in [4.78, 5) is 1.72. The molecule has 0 aliphatic rings. The molecular formula is C18H20N4O5S2. The number of aromatic nitrogens is 2. The Morgan fingerprint density at radius 1 is 0.897 bits per heavy atom. The predicted molar refractivity (Wildman–Crippen MR) is 109 cm³/mol. The van der Waals surface area contributed by atoms with Crippen LogP contribution in [0.15, 0.2) is 62.7 Å². The smallest absolute Gasteiger partial charge is 0.317 e. The van der Waals surface area contributed by atoms with Gasteiger partial charge in [0, 0.05) is 25.3 Å². The lowest BCUT2D eigenvalue weighted by Crippen LogP contribution is -2.13. The molecule has 0 amide bonds. The van der Waals surface area contributed by atoms with Crippen LogP contribution in [0.5, 0.6) is 0 Å². The maximum Gasteiger partial charge on any atom is 0.317 e. The highest BCUT2D eigenvalue weighted by Gasteiger charge is 2.17. The van der Waals surface area contributed by atoms with Crippen molar-refractivity contribution in [2.75, 3.05) is 29.5 Å². The molecule has 11 heteroatoms. The summed E-state index contributed by atoms with van der Waals surface area (Å²) in [7, 11) is -3.71. The van der Waals surface area contributed by atoms with Gasteiger partial charge in [0.1, 0.15) is 0 Å². The van der Waals surface area contributed by atoms with Crippen LogP contribution in [0.25, 0.3) is 11.5 Å². The Labute approximate surface area is 169 Å². The van der Waals surface area contributed by atoms with Gasteiger partial charge in [-0.3, -0.25) is 4.72 Å². The fourth-order valence-electron chi connectivity index (χ4n) is 2.40. The van der Waals surface area contributed by atoms with Gasteiger partial charge in [-0.15, -0.1) is 5.10 Å². The molecule has 0 spiro atoms. The van der Waals surface area contributed by atoms with Crippen LogP contribution >= 0.6 is 0 Å². The Bertz CT molecular complexity index is 1200. The number of hydrogen-bond acceptors (Lipinski definition) is 8. The molecule has 0 saturated heterocycles. The van der Waals surface area contributed by atoms with E-state index in [4.69, 9.17) is 4.42 Å². The summed E-state index contributed by atoms with van der Waals surface area (Å²) in [6.45, 7) is 1.53. The van der Waals surface area contributed by atoms with E-state index in [1.54, 1.807) is 43.3 Å². The Morgan fingerprint density at radius 2 is 1.48 bits per heavy atom. The number of sulfonamides is 1. The van der Waals surface area contributed by atoms with Gasteiger partial charge in [-0.25, -0.2) is 16.8 Å². The third-order valence-corrected chi connectivity index (χ3v) is 7.20. The van der Waals surface area contributed by atoms with Crippen LogP contribution in [0, 0.1) is 0 Å². The van der Waals surface area contributed by atoms with Gasteiger partial charge in [-0.2, -0.15) is 0 Å². The highest BCUT2D eigenvalue weighted by molar-refractivity contribution is 7.92. The van der Waals surface area contributed by atoms with E-state index in [-0.39, 0.29) is 15.5 Å². The second-order valence-electron chi connectivity index (χ2n) is 6.34. The molecule has 29 heavy (non-hydrogen) atoms. The van der Waals surface area contributed by atoms with Crippen LogP contribution in [0.2, 0.25) is 0 Å². The summed E-state index contributed by atoms with van der Waals surface area (Å²) in [5.41, 5.74) is 0.981. The van der Waals surface area contributed by atoms with Gasteiger partial charge in [0.15, 0.2) is 9.84 Å². The number of nitrogens with zero attached hydrogens (tertiary/aromatic N) is 3. The van der Waals surface area contributed by atoms with Crippen molar-refractivity contribution in [1.29, 1.82) is 0 Å². The van der Waals surface area contributed by atoms with Gasteiger partial charge in [-0.05, 0) is 48.5 Å². The van der Waals surface area contributed by atoms with Crippen molar-refractivity contribution in [2.45, 2.75) is 16.7 Å². The number of sulfone groups is 1. The Balaban J connectivity index is 1.78. The van der Waals surface area contributed by atoms with Gasteiger partial charge in [0.25, 0.3) is 10.0 Å². The second kappa shape index (κ2) is 7.84. The van der Waals surface area contributed by atoms with Crippen LogP contribution in [-0.2, 0) is 19.9 Å². The van der Waals surface area contributed by atoms with E-state index in [1.165, 1.54) is 31.2 Å². The largest absolute Gasteiger partial charge is 0.403 e. The van der Waals surface area contributed by atoms with E-state index in [2.05, 4.69) is 14.9 Å². The minimum atomic E-state index is -3.87. The maximum atomic E-state index is 12.6. The molecule has 9 nitrogen and oxygen atoms in total. The normalized spacial score (nSPS) is 12.0. The molecule has 3 rings (SSSR count). The van der Waals surface area contributed by atoms with E-state index in [0.29, 0.717) is 23.2 Å². The molecule has 0 atom stereocenters. The van der Waals surface area contributed by atoms with Crippen molar-refractivity contribution in [3.05, 3.63) is 48.5 Å². The van der Waals surface area contributed by atoms with Crippen LogP contribution in [0.1, 0.15) is 6.92 Å². The molecule has 0 aliphatic carbocycles. The molecule has 1 aromatic heterocycles. The Kier molecular flexibility index (Phi) is 5.62. The zero-order valence-electron chi connectivity index (χ0n) is 16.0. The Morgan fingerprint density at radius 3 is 2.00 bits per heavy atom. The molecule has 1 N–H and O–H groups in total. The van der Waals surface area contributed by atoms with E-state index >= 15 is 0 Å². The molecule has 154 valence electrons. The highest BCUT2D eigenvalue weighted by atomic mass is 32.2. The molecule has 1 heterocycles. The van der Waals surface area contributed by atoms with Crippen molar-refractivity contribution in [1.82, 2.24) is 10.2 Å². The minimum Gasteiger partial charge on any atom is -0.403 e. The van der Waals surface area contributed by atoms with Gasteiger partial charge in [0.05, 0.1) is 15.5 Å². The number of nitrogens with one attached hydrogen (secondary N) is 1. The number of rotatable bonds is 7. The van der Waals surface area contributed by atoms with Crippen LogP contribution in [-0.4, -0.2) is 46.9 Å². The second-order valence-corrected chi connectivity index (χ2v) is 10.3. The fourth-order valence-corrected chi connectivity index (χ4v) is 4.34. The van der Waals surface area contributed by atoms with Gasteiger partial charge in [-0.1, -0.05) is 12.0 Å². The van der Waals surface area contributed by atoms with Crippen LogP contribution in [0.4, 0.5) is 11.7 Å². The maximum absolute atomic E-state index is 12.6. The first-order chi connectivity index (χ1) is 13.6. The summed E-state index contributed by atoms with van der Waals surface area (Å²) < 4.78 is 56.8. The van der Waals surface area contributed by atoms with Gasteiger partial charge < -0.3 is 9.32 Å². The molecule has 0 radical (unpaired) electrons. The lowest BCUT2D eigenvalue weighted by Gasteiger charge is -2.09. The topological polar surface area (TPSA) is 122 Å². The number of anilines is 2. The average molecular weight is 437 g/mol. The van der Waals surface area contributed by atoms with E-state index in [9.17, 15) is 16.8 Å². The molecule has 0 bridgehead atoms. The predicted octanol–water partition coefficient (Wildman–Crippen LogP) is 2.40. The first-order valence-electron chi connectivity index (χ1n) is 8.59. The third-order valence-electron chi connectivity index (χ3n) is 4.05. The highest BCUT2D eigenvalue weighted by Crippen LogP contribution is 2.24. The summed E-state index contributed by atoms with van der Waals surface area (Å²) in [6, 6.07) is 11.9. The molecule has 3 aromatic rings. The lowest BCUT2D eigenvalue weighted by molar-refractivity contribution is 0.566. The van der Waals surface area contributed by atoms with Crippen LogP contribution < -0.4 is 9.62 Å². The van der Waals surface area contributed by atoms with Crippen LogP contribution in [0.3, 0.4) is 0 Å². The summed E-state index contributed by atoms with van der Waals surface area (Å²) in [5.74, 6) is 0.260. The van der Waals surface area contributed by atoms with Crippen molar-refractivity contribution in [2.24, 2.45) is 0 Å². The van der Waals surface area contributed by atoms with E-state index < -0.39 is 19.9 Å². The first-order valence-corrected chi connectivity index (χ1v) is 11.7.